The minimum atomic E-state index is 0.125. The highest BCUT2D eigenvalue weighted by Crippen LogP contribution is 2.26. The van der Waals surface area contributed by atoms with Gasteiger partial charge < -0.3 is 14.2 Å². The first-order valence-electron chi connectivity index (χ1n) is 8.70. The summed E-state index contributed by atoms with van der Waals surface area (Å²) in [6, 6.07) is 15.2. The molecule has 0 saturated heterocycles. The molecule has 0 radical (unpaired) electrons. The third-order valence-corrected chi connectivity index (χ3v) is 4.19. The molecule has 1 N–H and O–H groups in total. The van der Waals surface area contributed by atoms with Crippen LogP contribution in [0.3, 0.4) is 0 Å². The third kappa shape index (κ3) is 4.56. The zero-order valence-corrected chi connectivity index (χ0v) is 16.3. The Morgan fingerprint density at radius 2 is 1.64 bits per heavy atom. The number of aromatic nitrogens is 2. The average molecular weight is 378 g/mol. The average Bonchev–Trinajstić information content (AvgIpc) is 2.72. The maximum absolute atomic E-state index is 5.84. The Hall–Kier alpha value is -3.61. The summed E-state index contributed by atoms with van der Waals surface area (Å²) in [5, 5.41) is 4.34. The molecular formula is C21H22N4O3. The topological polar surface area (TPSA) is 77.9 Å². The van der Waals surface area contributed by atoms with Crippen LogP contribution in [0.15, 0.2) is 53.6 Å². The molecular weight excluding hydrogens is 356 g/mol. The Labute approximate surface area is 164 Å². The van der Waals surface area contributed by atoms with Crippen LogP contribution < -0.4 is 19.6 Å². The fourth-order valence-corrected chi connectivity index (χ4v) is 2.46. The lowest BCUT2D eigenvalue weighted by molar-refractivity contribution is 0.348. The van der Waals surface area contributed by atoms with Crippen molar-refractivity contribution in [3.8, 4) is 23.5 Å². The van der Waals surface area contributed by atoms with Gasteiger partial charge in [-0.2, -0.15) is 15.1 Å². The minimum absolute atomic E-state index is 0.125. The van der Waals surface area contributed by atoms with Gasteiger partial charge in [-0.25, -0.2) is 0 Å². The SMILES string of the molecule is COc1cc(OC)nc(Oc2ccccc2C=NNc2cccc(C)c2C)n1. The molecule has 28 heavy (non-hydrogen) atoms. The van der Waals surface area contributed by atoms with E-state index in [-0.39, 0.29) is 6.01 Å². The van der Waals surface area contributed by atoms with Crippen LogP contribution in [0.25, 0.3) is 0 Å². The van der Waals surface area contributed by atoms with E-state index in [0.717, 1.165) is 16.8 Å². The molecule has 0 bridgehead atoms. The lowest BCUT2D eigenvalue weighted by atomic mass is 10.1. The van der Waals surface area contributed by atoms with Gasteiger partial charge in [-0.3, -0.25) is 5.43 Å². The van der Waals surface area contributed by atoms with Crippen LogP contribution in [0.2, 0.25) is 0 Å². The number of ether oxygens (including phenoxy) is 3. The van der Waals surface area contributed by atoms with Gasteiger partial charge >= 0.3 is 6.01 Å². The van der Waals surface area contributed by atoms with Gasteiger partial charge in [0.05, 0.1) is 32.2 Å². The summed E-state index contributed by atoms with van der Waals surface area (Å²) >= 11 is 0. The van der Waals surface area contributed by atoms with Crippen molar-refractivity contribution in [2.24, 2.45) is 5.10 Å². The van der Waals surface area contributed by atoms with Gasteiger partial charge in [0.2, 0.25) is 11.8 Å². The Morgan fingerprint density at radius 3 is 2.36 bits per heavy atom. The molecule has 0 aliphatic rings. The molecule has 3 aromatic rings. The minimum Gasteiger partial charge on any atom is -0.481 e. The summed E-state index contributed by atoms with van der Waals surface area (Å²) in [7, 11) is 3.04. The van der Waals surface area contributed by atoms with E-state index in [9.17, 15) is 0 Å². The number of nitrogens with one attached hydrogen (secondary N) is 1. The molecule has 1 heterocycles. The highest BCUT2D eigenvalue weighted by Gasteiger charge is 2.10. The highest BCUT2D eigenvalue weighted by molar-refractivity contribution is 5.84. The molecule has 0 spiro atoms. The summed E-state index contributed by atoms with van der Waals surface area (Å²) in [4.78, 5) is 8.38. The number of methoxy groups -OCH3 is 2. The molecule has 7 nitrogen and oxygen atoms in total. The normalized spacial score (nSPS) is 10.7. The van der Waals surface area contributed by atoms with Crippen LogP contribution in [0.4, 0.5) is 5.69 Å². The van der Waals surface area contributed by atoms with E-state index in [2.05, 4.69) is 40.4 Å². The van der Waals surface area contributed by atoms with Crippen LogP contribution in [0.5, 0.6) is 23.5 Å². The van der Waals surface area contributed by atoms with E-state index in [1.54, 1.807) is 12.3 Å². The number of para-hydroxylation sites is 1. The zero-order valence-electron chi connectivity index (χ0n) is 16.3. The molecule has 0 fully saturated rings. The van der Waals surface area contributed by atoms with Crippen LogP contribution in [0, 0.1) is 13.8 Å². The van der Waals surface area contributed by atoms with Crippen molar-refractivity contribution in [1.29, 1.82) is 0 Å². The molecule has 0 atom stereocenters. The fraction of sp³-hybridized carbons (Fsp3) is 0.190. The smallest absolute Gasteiger partial charge is 0.328 e. The number of hydrazone groups is 1. The maximum atomic E-state index is 5.84. The number of hydrogen-bond donors (Lipinski definition) is 1. The molecule has 3 rings (SSSR count). The molecule has 0 saturated carbocycles. The second-order valence-corrected chi connectivity index (χ2v) is 5.99. The van der Waals surface area contributed by atoms with E-state index in [4.69, 9.17) is 14.2 Å². The fourth-order valence-electron chi connectivity index (χ4n) is 2.46. The van der Waals surface area contributed by atoms with E-state index < -0.39 is 0 Å². The lowest BCUT2D eigenvalue weighted by Crippen LogP contribution is -2.00. The predicted molar refractivity (Wildman–Crippen MR) is 109 cm³/mol. The Balaban J connectivity index is 1.81. The first-order chi connectivity index (χ1) is 13.6. The van der Waals surface area contributed by atoms with Gasteiger partial charge in [0.25, 0.3) is 0 Å². The Bertz CT molecular complexity index is 967. The predicted octanol–water partition coefficient (Wildman–Crippen LogP) is 4.35. The number of hydrogen-bond acceptors (Lipinski definition) is 7. The first-order valence-corrected chi connectivity index (χ1v) is 8.70. The third-order valence-electron chi connectivity index (χ3n) is 4.19. The summed E-state index contributed by atoms with van der Waals surface area (Å²) in [6.07, 6.45) is 1.69. The number of anilines is 1. The van der Waals surface area contributed by atoms with Gasteiger partial charge in [-0.1, -0.05) is 24.3 Å². The summed E-state index contributed by atoms with van der Waals surface area (Å²) in [5.74, 6) is 1.26. The summed E-state index contributed by atoms with van der Waals surface area (Å²) < 4.78 is 16.1. The monoisotopic (exact) mass is 378 g/mol. The Morgan fingerprint density at radius 1 is 0.929 bits per heavy atom. The highest BCUT2D eigenvalue weighted by atomic mass is 16.5. The summed E-state index contributed by atoms with van der Waals surface area (Å²) in [6.45, 7) is 4.12. The molecule has 7 heteroatoms. The summed E-state index contributed by atoms with van der Waals surface area (Å²) in [5.41, 5.74) is 7.15. The standard InChI is InChI=1S/C21H22N4O3/c1-14-8-7-10-17(15(14)2)25-22-13-16-9-5-6-11-18(16)28-21-23-19(26-3)12-20(24-21)27-4/h5-13,25H,1-4H3. The van der Waals surface area contributed by atoms with Gasteiger partial charge in [0, 0.05) is 5.56 Å². The first kappa shape index (κ1) is 19.2. The van der Waals surface area contributed by atoms with Gasteiger partial charge in [0.15, 0.2) is 0 Å². The quantitative estimate of drug-likeness (QED) is 0.486. The number of benzene rings is 2. The lowest BCUT2D eigenvalue weighted by Gasteiger charge is -2.10. The van der Waals surface area contributed by atoms with Crippen LogP contribution in [-0.2, 0) is 0 Å². The number of aryl methyl sites for hydroxylation is 1. The van der Waals surface area contributed by atoms with Crippen molar-refractivity contribution < 1.29 is 14.2 Å². The molecule has 0 aliphatic carbocycles. The van der Waals surface area contributed by atoms with Crippen molar-refractivity contribution in [1.82, 2.24) is 9.97 Å². The van der Waals surface area contributed by atoms with E-state index >= 15 is 0 Å². The van der Waals surface area contributed by atoms with Crippen LogP contribution in [-0.4, -0.2) is 30.4 Å². The molecule has 0 aliphatic heterocycles. The van der Waals surface area contributed by atoms with Crippen molar-refractivity contribution in [2.75, 3.05) is 19.6 Å². The van der Waals surface area contributed by atoms with Gasteiger partial charge in [-0.05, 0) is 43.2 Å². The second-order valence-electron chi connectivity index (χ2n) is 5.99. The van der Waals surface area contributed by atoms with Crippen molar-refractivity contribution in [3.63, 3.8) is 0 Å². The maximum Gasteiger partial charge on any atom is 0.328 e. The molecule has 2 aromatic carbocycles. The van der Waals surface area contributed by atoms with E-state index in [1.165, 1.54) is 19.8 Å². The molecule has 1 aromatic heterocycles. The number of rotatable bonds is 7. The van der Waals surface area contributed by atoms with Crippen LogP contribution in [0.1, 0.15) is 16.7 Å². The molecule has 0 amide bonds. The van der Waals surface area contributed by atoms with Crippen molar-refractivity contribution in [3.05, 3.63) is 65.2 Å². The van der Waals surface area contributed by atoms with Crippen molar-refractivity contribution in [2.45, 2.75) is 13.8 Å². The Kier molecular flexibility index (Phi) is 6.06. The van der Waals surface area contributed by atoms with Crippen LogP contribution >= 0.6 is 0 Å². The van der Waals surface area contributed by atoms with Gasteiger partial charge in [0.1, 0.15) is 5.75 Å². The van der Waals surface area contributed by atoms with Gasteiger partial charge in [-0.15, -0.1) is 0 Å². The van der Waals surface area contributed by atoms with E-state index in [0.29, 0.717) is 17.5 Å². The number of nitrogens with zero attached hydrogens (tertiary/aromatic N) is 3. The molecule has 144 valence electrons. The second kappa shape index (κ2) is 8.85. The largest absolute Gasteiger partial charge is 0.481 e. The van der Waals surface area contributed by atoms with Crippen molar-refractivity contribution >= 4 is 11.9 Å². The van der Waals surface area contributed by atoms with E-state index in [1.807, 2.05) is 36.4 Å². The molecule has 0 unspecified atom stereocenters. The zero-order chi connectivity index (χ0) is 19.9.